The average Bonchev–Trinajstić information content (AvgIpc) is 3.47. The van der Waals surface area contributed by atoms with Gasteiger partial charge in [0.25, 0.3) is 5.91 Å². The van der Waals surface area contributed by atoms with Gasteiger partial charge in [-0.2, -0.15) is 0 Å². The second-order valence-corrected chi connectivity index (χ2v) is 9.87. The van der Waals surface area contributed by atoms with Crippen LogP contribution in [0.25, 0.3) is 10.6 Å². The first-order chi connectivity index (χ1) is 16.9. The first-order valence-electron chi connectivity index (χ1n) is 10.8. The van der Waals surface area contributed by atoms with Gasteiger partial charge in [-0.25, -0.2) is 19.7 Å². The van der Waals surface area contributed by atoms with Crippen LogP contribution in [-0.4, -0.2) is 47.2 Å². The molecule has 11 heteroatoms. The Morgan fingerprint density at radius 2 is 1.77 bits per heavy atom. The van der Waals surface area contributed by atoms with Crippen LogP contribution < -0.4 is 15.1 Å². The maximum atomic E-state index is 13.3. The third-order valence-electron chi connectivity index (χ3n) is 5.54. The average molecular weight is 507 g/mol. The van der Waals surface area contributed by atoms with Gasteiger partial charge >= 0.3 is 6.09 Å². The third-order valence-corrected chi connectivity index (χ3v) is 7.39. The Kier molecular flexibility index (Phi) is 6.18. The van der Waals surface area contributed by atoms with Crippen LogP contribution in [0.3, 0.4) is 0 Å². The number of benzene rings is 1. The van der Waals surface area contributed by atoms with E-state index in [0.29, 0.717) is 41.0 Å². The predicted octanol–water partition coefficient (Wildman–Crippen LogP) is 5.26. The molecular weight excluding hydrogens is 484 g/mol. The number of pyridine rings is 1. The summed E-state index contributed by atoms with van der Waals surface area (Å²) in [6, 6.07) is 10.8. The fourth-order valence-corrected chi connectivity index (χ4v) is 5.60. The highest BCUT2D eigenvalue weighted by Crippen LogP contribution is 2.35. The molecule has 0 radical (unpaired) electrons. The molecule has 178 valence electrons. The lowest BCUT2D eigenvalue weighted by Gasteiger charge is -2.35. The van der Waals surface area contributed by atoms with Gasteiger partial charge in [0, 0.05) is 24.7 Å². The second-order valence-electron chi connectivity index (χ2n) is 7.81. The fourth-order valence-electron chi connectivity index (χ4n) is 3.94. The van der Waals surface area contributed by atoms with E-state index in [0.717, 1.165) is 21.3 Å². The number of nitrogens with one attached hydrogen (secondary N) is 1. The minimum atomic E-state index is -0.451. The molecule has 4 aromatic rings. The Hall–Kier alpha value is -3.83. The summed E-state index contributed by atoms with van der Waals surface area (Å²) in [5.74, 6) is 0.407. The molecule has 1 aliphatic rings. The van der Waals surface area contributed by atoms with Gasteiger partial charge in [-0.1, -0.05) is 12.1 Å². The number of amides is 2. The molecule has 0 aliphatic carbocycles. The normalized spacial score (nSPS) is 12.9. The molecular formula is C24H22N6O3S2. The number of aromatic nitrogens is 3. The van der Waals surface area contributed by atoms with Crippen molar-refractivity contribution in [2.45, 2.75) is 13.8 Å². The molecule has 4 heterocycles. The molecule has 0 saturated heterocycles. The van der Waals surface area contributed by atoms with E-state index in [2.05, 4.69) is 20.3 Å². The number of carbonyl (C=O) groups excluding carboxylic acids is 2. The molecule has 2 amide bonds. The SMILES string of the molecule is COC(=O)N1CCN(C(=O)c2ccc(Nc3nc(-c4sc(C)nc4C)cs3)nc2)c2ccccc21. The smallest absolute Gasteiger partial charge is 0.414 e. The number of para-hydroxylation sites is 2. The molecule has 1 aliphatic heterocycles. The van der Waals surface area contributed by atoms with Gasteiger partial charge in [-0.15, -0.1) is 22.7 Å². The Balaban J connectivity index is 1.32. The zero-order valence-corrected chi connectivity index (χ0v) is 20.9. The zero-order chi connectivity index (χ0) is 24.5. The van der Waals surface area contributed by atoms with Crippen LogP contribution in [0.1, 0.15) is 21.1 Å². The highest BCUT2D eigenvalue weighted by molar-refractivity contribution is 7.16. The van der Waals surface area contributed by atoms with Gasteiger partial charge in [-0.05, 0) is 38.1 Å². The summed E-state index contributed by atoms with van der Waals surface area (Å²) in [5.41, 5.74) is 3.60. The molecule has 0 fully saturated rings. The monoisotopic (exact) mass is 506 g/mol. The molecule has 0 saturated carbocycles. The van der Waals surface area contributed by atoms with Crippen molar-refractivity contribution in [3.8, 4) is 10.6 Å². The first-order valence-corrected chi connectivity index (χ1v) is 12.5. The van der Waals surface area contributed by atoms with Crippen LogP contribution in [0, 0.1) is 13.8 Å². The zero-order valence-electron chi connectivity index (χ0n) is 19.3. The summed E-state index contributed by atoms with van der Waals surface area (Å²) in [5, 5.41) is 6.92. The van der Waals surface area contributed by atoms with E-state index >= 15 is 0 Å². The standard InChI is InChI=1S/C24H22N6O3S2/c1-14-21(35-15(2)26-14)17-13-34-23(27-17)28-20-9-8-16(12-25-20)22(31)29-10-11-30(24(32)33-3)19-7-5-4-6-18(19)29/h4-9,12-13H,10-11H2,1-3H3,(H,25,27,28). The van der Waals surface area contributed by atoms with E-state index < -0.39 is 6.09 Å². The Morgan fingerprint density at radius 3 is 2.43 bits per heavy atom. The molecule has 9 nitrogen and oxygen atoms in total. The van der Waals surface area contributed by atoms with Crippen LogP contribution in [0.4, 0.5) is 27.1 Å². The van der Waals surface area contributed by atoms with E-state index in [-0.39, 0.29) is 5.91 Å². The van der Waals surface area contributed by atoms with Crippen LogP contribution in [0.15, 0.2) is 48.0 Å². The van der Waals surface area contributed by atoms with E-state index in [4.69, 9.17) is 4.74 Å². The largest absolute Gasteiger partial charge is 0.452 e. The molecule has 0 spiro atoms. The van der Waals surface area contributed by atoms with Crippen molar-refractivity contribution in [1.82, 2.24) is 15.0 Å². The predicted molar refractivity (Wildman–Crippen MR) is 138 cm³/mol. The lowest BCUT2D eigenvalue weighted by molar-refractivity contribution is 0.0985. The number of methoxy groups -OCH3 is 1. The van der Waals surface area contributed by atoms with Crippen molar-refractivity contribution < 1.29 is 14.3 Å². The number of rotatable bonds is 4. The number of carbonyl (C=O) groups is 2. The van der Waals surface area contributed by atoms with Gasteiger partial charge in [-0.3, -0.25) is 9.69 Å². The summed E-state index contributed by atoms with van der Waals surface area (Å²) < 4.78 is 4.88. The number of aryl methyl sites for hydroxylation is 2. The second kappa shape index (κ2) is 9.43. The van der Waals surface area contributed by atoms with E-state index in [1.54, 1.807) is 40.6 Å². The minimum absolute atomic E-state index is 0.186. The van der Waals surface area contributed by atoms with Crippen molar-refractivity contribution in [2.75, 3.05) is 35.3 Å². The summed E-state index contributed by atoms with van der Waals surface area (Å²) in [6.45, 7) is 4.66. The van der Waals surface area contributed by atoms with Gasteiger partial charge in [0.1, 0.15) is 5.82 Å². The Labute approximate surface area is 210 Å². The number of thiazole rings is 2. The lowest BCUT2D eigenvalue weighted by Crippen LogP contribution is -2.46. The number of hydrogen-bond donors (Lipinski definition) is 1. The number of nitrogens with zero attached hydrogens (tertiary/aromatic N) is 5. The Bertz CT molecular complexity index is 1400. The van der Waals surface area contributed by atoms with Gasteiger partial charge < -0.3 is 15.0 Å². The molecule has 5 rings (SSSR count). The summed E-state index contributed by atoms with van der Waals surface area (Å²) in [4.78, 5) is 43.2. The number of anilines is 4. The number of fused-ring (bicyclic) bond motifs is 1. The quantitative estimate of drug-likeness (QED) is 0.403. The van der Waals surface area contributed by atoms with Crippen LogP contribution >= 0.6 is 22.7 Å². The van der Waals surface area contributed by atoms with E-state index in [1.807, 2.05) is 37.4 Å². The van der Waals surface area contributed by atoms with Gasteiger partial charge in [0.15, 0.2) is 5.13 Å². The van der Waals surface area contributed by atoms with Crippen LogP contribution in [0.5, 0.6) is 0 Å². The molecule has 35 heavy (non-hydrogen) atoms. The van der Waals surface area contributed by atoms with Crippen molar-refractivity contribution in [1.29, 1.82) is 0 Å². The number of ether oxygens (including phenoxy) is 1. The third kappa shape index (κ3) is 4.47. The molecule has 0 bridgehead atoms. The lowest BCUT2D eigenvalue weighted by atomic mass is 10.1. The number of hydrogen-bond acceptors (Lipinski definition) is 9. The van der Waals surface area contributed by atoms with Crippen molar-refractivity contribution >= 4 is 57.0 Å². The van der Waals surface area contributed by atoms with E-state index in [9.17, 15) is 9.59 Å². The van der Waals surface area contributed by atoms with Gasteiger partial charge in [0.05, 0.1) is 45.3 Å². The van der Waals surface area contributed by atoms with Crippen LogP contribution in [-0.2, 0) is 4.74 Å². The highest BCUT2D eigenvalue weighted by Gasteiger charge is 2.30. The molecule has 1 aromatic carbocycles. The molecule has 0 atom stereocenters. The van der Waals surface area contributed by atoms with Crippen molar-refractivity contribution in [3.05, 3.63) is 64.2 Å². The summed E-state index contributed by atoms with van der Waals surface area (Å²) in [6.07, 6.45) is 1.10. The molecule has 0 unspecified atom stereocenters. The summed E-state index contributed by atoms with van der Waals surface area (Å²) in [7, 11) is 1.34. The van der Waals surface area contributed by atoms with Crippen molar-refractivity contribution in [2.24, 2.45) is 0 Å². The van der Waals surface area contributed by atoms with E-state index in [1.165, 1.54) is 23.3 Å². The van der Waals surface area contributed by atoms with Gasteiger partial charge in [0.2, 0.25) is 0 Å². The fraction of sp³-hybridized carbons (Fsp3) is 0.208. The maximum Gasteiger partial charge on any atom is 0.414 e. The highest BCUT2D eigenvalue weighted by atomic mass is 32.1. The maximum absolute atomic E-state index is 13.3. The van der Waals surface area contributed by atoms with Crippen LogP contribution in [0.2, 0.25) is 0 Å². The Morgan fingerprint density at radius 1 is 1.03 bits per heavy atom. The topological polar surface area (TPSA) is 101 Å². The van der Waals surface area contributed by atoms with Crippen molar-refractivity contribution in [3.63, 3.8) is 0 Å². The first kappa shape index (κ1) is 22.9. The molecule has 3 aromatic heterocycles. The minimum Gasteiger partial charge on any atom is -0.452 e. The summed E-state index contributed by atoms with van der Waals surface area (Å²) >= 11 is 3.11. The molecule has 1 N–H and O–H groups in total.